The maximum absolute atomic E-state index is 14.2. The van der Waals surface area contributed by atoms with Crippen LogP contribution in [0.5, 0.6) is 0 Å². The molecule has 0 spiro atoms. The van der Waals surface area contributed by atoms with Crippen LogP contribution in [0.1, 0.15) is 60.8 Å². The summed E-state index contributed by atoms with van der Waals surface area (Å²) < 4.78 is 18.3. The number of rotatable bonds is 5. The van der Waals surface area contributed by atoms with Crippen LogP contribution in [0.4, 0.5) is 0 Å². The molecule has 0 aromatic rings. The Hall–Kier alpha value is -1.85. The highest BCUT2D eigenvalue weighted by Gasteiger charge is 2.82. The van der Waals surface area contributed by atoms with Gasteiger partial charge in [-0.1, -0.05) is 26.8 Å². The summed E-state index contributed by atoms with van der Waals surface area (Å²) >= 11 is 0. The van der Waals surface area contributed by atoms with Crippen LogP contribution in [-0.4, -0.2) is 113 Å². The average molecular weight is 551 g/mol. The molecule has 10 heteroatoms. The number of ketones is 1. The smallest absolute Gasteiger partial charge is 0.320 e. The molecule has 2 aliphatic carbocycles. The topological polar surface area (TPSA) is 126 Å². The molecular weight excluding hydrogens is 504 g/mol. The monoisotopic (exact) mass is 550 g/mol. The van der Waals surface area contributed by atoms with Crippen molar-refractivity contribution in [1.29, 1.82) is 0 Å². The molecule has 4 rings (SSSR count). The van der Waals surface area contributed by atoms with E-state index in [0.717, 1.165) is 26.2 Å². The van der Waals surface area contributed by atoms with Gasteiger partial charge in [-0.25, -0.2) is 0 Å². The van der Waals surface area contributed by atoms with E-state index in [9.17, 15) is 24.6 Å². The maximum Gasteiger partial charge on any atom is 0.320 e. The van der Waals surface area contributed by atoms with Crippen LogP contribution in [0, 0.1) is 16.7 Å². The molecule has 10 nitrogen and oxygen atoms in total. The highest BCUT2D eigenvalue weighted by atomic mass is 16.6. The molecule has 0 aromatic carbocycles. The van der Waals surface area contributed by atoms with Crippen molar-refractivity contribution in [2.45, 2.75) is 95.9 Å². The summed E-state index contributed by atoms with van der Waals surface area (Å²) in [5.41, 5.74) is -7.31. The zero-order valence-electron chi connectivity index (χ0n) is 24.5. The molecule has 0 aromatic heterocycles. The van der Waals surface area contributed by atoms with Crippen molar-refractivity contribution in [3.05, 3.63) is 12.7 Å². The Morgan fingerprint density at radius 2 is 1.74 bits per heavy atom. The van der Waals surface area contributed by atoms with Gasteiger partial charge in [-0.3, -0.25) is 19.3 Å². The fourth-order valence-electron chi connectivity index (χ4n) is 8.20. The third kappa shape index (κ3) is 4.56. The third-order valence-corrected chi connectivity index (χ3v) is 10.2. The fraction of sp³-hybridized carbons (Fsp3) is 0.828. The first kappa shape index (κ1) is 30.1. The van der Waals surface area contributed by atoms with Crippen molar-refractivity contribution in [1.82, 2.24) is 9.80 Å². The van der Waals surface area contributed by atoms with Crippen molar-refractivity contribution in [2.24, 2.45) is 16.7 Å². The van der Waals surface area contributed by atoms with Crippen molar-refractivity contribution in [3.8, 4) is 0 Å². The standard InChI is InChI=1S/C29H46N2O8/c1-9-26(5)16-19(33)29(36)27(6)20(38-21(34)17-31-14-12-30(8)13-15-31)10-11-25(3,4)23(27)22(35)24(37-18(2)32)28(29,7)39-26/h9,20,22-24,35-36H,1,10-17H2,2-8H3/t20-,22-,23-,24-,26-,27-,28+,29-/m0/s1. The predicted molar refractivity (Wildman–Crippen MR) is 143 cm³/mol. The molecule has 39 heavy (non-hydrogen) atoms. The second kappa shape index (κ2) is 9.91. The number of Topliss-reactive ketones (excluding diaryl/α,β-unsaturated/α-hetero) is 1. The van der Waals surface area contributed by atoms with Crippen LogP contribution in [-0.2, 0) is 28.6 Å². The zero-order valence-corrected chi connectivity index (χ0v) is 24.5. The van der Waals surface area contributed by atoms with E-state index in [1.54, 1.807) is 13.8 Å². The number of carbonyl (C=O) groups excluding carboxylic acids is 3. The highest BCUT2D eigenvalue weighted by molar-refractivity contribution is 5.92. The summed E-state index contributed by atoms with van der Waals surface area (Å²) in [6.07, 6.45) is -1.26. The maximum atomic E-state index is 14.2. The summed E-state index contributed by atoms with van der Waals surface area (Å²) in [5.74, 6) is -2.39. The number of piperazine rings is 1. The second-order valence-corrected chi connectivity index (χ2v) is 13.4. The van der Waals surface area contributed by atoms with Crippen LogP contribution >= 0.6 is 0 Å². The Morgan fingerprint density at radius 3 is 2.31 bits per heavy atom. The van der Waals surface area contributed by atoms with Gasteiger partial charge in [0.1, 0.15) is 11.7 Å². The Labute approximate surface area is 231 Å². The van der Waals surface area contributed by atoms with E-state index in [2.05, 4.69) is 11.5 Å². The predicted octanol–water partition coefficient (Wildman–Crippen LogP) is 1.32. The summed E-state index contributed by atoms with van der Waals surface area (Å²) in [6, 6.07) is 0. The minimum Gasteiger partial charge on any atom is -0.461 e. The Morgan fingerprint density at radius 1 is 1.13 bits per heavy atom. The number of ether oxygens (including phenoxy) is 3. The van der Waals surface area contributed by atoms with Crippen molar-refractivity contribution >= 4 is 17.7 Å². The minimum atomic E-state index is -2.25. The van der Waals surface area contributed by atoms with E-state index in [0.29, 0.717) is 12.8 Å². The zero-order chi connectivity index (χ0) is 29.2. The number of aliphatic hydroxyl groups excluding tert-OH is 1. The van der Waals surface area contributed by atoms with Crippen LogP contribution < -0.4 is 0 Å². The van der Waals surface area contributed by atoms with E-state index in [-0.39, 0.29) is 13.0 Å². The quantitative estimate of drug-likeness (QED) is 0.382. The van der Waals surface area contributed by atoms with Gasteiger partial charge in [0.2, 0.25) is 0 Å². The minimum absolute atomic E-state index is 0.0990. The van der Waals surface area contributed by atoms with Gasteiger partial charge >= 0.3 is 11.9 Å². The molecule has 4 aliphatic rings. The molecule has 0 unspecified atom stereocenters. The average Bonchev–Trinajstić information content (AvgIpc) is 2.83. The summed E-state index contributed by atoms with van der Waals surface area (Å²) in [7, 11) is 2.04. The van der Waals surface area contributed by atoms with E-state index in [1.165, 1.54) is 19.9 Å². The number of hydrogen-bond donors (Lipinski definition) is 2. The molecular formula is C29H46N2O8. The summed E-state index contributed by atoms with van der Waals surface area (Å²) in [6.45, 7) is 17.1. The lowest BCUT2D eigenvalue weighted by molar-refractivity contribution is -0.370. The Kier molecular flexibility index (Phi) is 7.65. The van der Waals surface area contributed by atoms with Gasteiger partial charge in [0.05, 0.1) is 18.2 Å². The van der Waals surface area contributed by atoms with E-state index in [4.69, 9.17) is 14.2 Å². The van der Waals surface area contributed by atoms with E-state index < -0.39 is 69.6 Å². The van der Waals surface area contributed by atoms with Crippen LogP contribution in [0.15, 0.2) is 12.7 Å². The fourth-order valence-corrected chi connectivity index (χ4v) is 8.20. The molecule has 2 saturated carbocycles. The molecule has 8 atom stereocenters. The summed E-state index contributed by atoms with van der Waals surface area (Å²) in [4.78, 5) is 43.9. The molecule has 2 saturated heterocycles. The normalized spacial score (nSPS) is 44.6. The van der Waals surface area contributed by atoms with Gasteiger partial charge in [0.25, 0.3) is 0 Å². The van der Waals surface area contributed by atoms with Crippen LogP contribution in [0.3, 0.4) is 0 Å². The molecule has 2 aliphatic heterocycles. The van der Waals surface area contributed by atoms with Gasteiger partial charge in [-0.05, 0) is 39.2 Å². The van der Waals surface area contributed by atoms with Gasteiger partial charge in [-0.2, -0.15) is 0 Å². The molecule has 2 heterocycles. The number of nitrogens with zero attached hydrogens (tertiary/aromatic N) is 2. The largest absolute Gasteiger partial charge is 0.461 e. The van der Waals surface area contributed by atoms with Crippen LogP contribution in [0.2, 0.25) is 0 Å². The molecule has 2 N–H and O–H groups in total. The lowest BCUT2D eigenvalue weighted by Crippen LogP contribution is -2.87. The van der Waals surface area contributed by atoms with Crippen molar-refractivity contribution < 1.29 is 38.8 Å². The SMILES string of the molecule is C=C[C@@]1(C)CC(=O)[C@]2(O)[C@@]3(C)[C@@H](OC(=O)CN4CCN(C)CC4)CCC(C)(C)[C@@H]3[C@H](O)[C@H](OC(C)=O)[C@@]2(C)O1. The van der Waals surface area contributed by atoms with Gasteiger partial charge in [0, 0.05) is 50.9 Å². The molecule has 220 valence electrons. The second-order valence-electron chi connectivity index (χ2n) is 13.4. The number of likely N-dealkylation sites (N-methyl/N-ethyl adjacent to an activating group) is 1. The lowest BCUT2D eigenvalue weighted by atomic mass is 9.39. The first-order chi connectivity index (χ1) is 17.9. The molecule has 0 amide bonds. The van der Waals surface area contributed by atoms with Gasteiger partial charge in [-0.15, -0.1) is 6.58 Å². The van der Waals surface area contributed by atoms with Crippen LogP contribution in [0.25, 0.3) is 0 Å². The van der Waals surface area contributed by atoms with E-state index >= 15 is 0 Å². The highest BCUT2D eigenvalue weighted by Crippen LogP contribution is 2.67. The van der Waals surface area contributed by atoms with Crippen molar-refractivity contribution in [2.75, 3.05) is 39.8 Å². The molecule has 4 fully saturated rings. The first-order valence-corrected chi connectivity index (χ1v) is 14.0. The number of esters is 2. The van der Waals surface area contributed by atoms with Gasteiger partial charge in [0.15, 0.2) is 17.5 Å². The third-order valence-electron chi connectivity index (χ3n) is 10.2. The lowest BCUT2D eigenvalue weighted by Gasteiger charge is -2.71. The Balaban J connectivity index is 1.79. The van der Waals surface area contributed by atoms with Crippen molar-refractivity contribution in [3.63, 3.8) is 0 Å². The number of carbonyl (C=O) groups is 3. The number of hydrogen-bond acceptors (Lipinski definition) is 10. The molecule has 0 radical (unpaired) electrons. The number of aliphatic hydroxyl groups is 2. The molecule has 0 bridgehead atoms. The summed E-state index contributed by atoms with van der Waals surface area (Å²) in [5, 5.41) is 24.7. The van der Waals surface area contributed by atoms with E-state index in [1.807, 2.05) is 25.8 Å². The first-order valence-electron chi connectivity index (χ1n) is 14.0. The Bertz CT molecular complexity index is 1020. The number of fused-ring (bicyclic) bond motifs is 3. The van der Waals surface area contributed by atoms with Gasteiger partial charge < -0.3 is 29.3 Å².